The molecule has 3 rings (SSSR count). The number of amides is 1. The predicted octanol–water partition coefficient (Wildman–Crippen LogP) is 3.11. The van der Waals surface area contributed by atoms with Gasteiger partial charge in [-0.05, 0) is 31.5 Å². The number of rotatable bonds is 5. The molecular weight excluding hydrogens is 330 g/mol. The van der Waals surface area contributed by atoms with Crippen molar-refractivity contribution < 1.29 is 14.3 Å². The molecule has 2 heterocycles. The van der Waals surface area contributed by atoms with Gasteiger partial charge < -0.3 is 14.8 Å². The van der Waals surface area contributed by atoms with Crippen molar-refractivity contribution in [3.8, 4) is 5.75 Å². The van der Waals surface area contributed by atoms with Gasteiger partial charge in [-0.2, -0.15) is 0 Å². The zero-order valence-electron chi connectivity index (χ0n) is 13.3. The molecule has 0 spiro atoms. The van der Waals surface area contributed by atoms with E-state index in [1.54, 1.807) is 24.4 Å². The van der Waals surface area contributed by atoms with E-state index in [-0.39, 0.29) is 11.6 Å². The van der Waals surface area contributed by atoms with Crippen LogP contribution in [0.25, 0.3) is 0 Å². The summed E-state index contributed by atoms with van der Waals surface area (Å²) in [5.74, 6) is 0.575. The standard InChI is InChI=1S/C17H18ClN3O3/c1-11-7-20-15(8-19-11)17(22)21-14-6-13(18)2-3-16(14)24-10-12-4-5-23-9-12/h2-3,6-8,12H,4-5,9-10H2,1H3,(H,21,22)/t12-/m1/s1. The molecule has 1 atom stereocenters. The van der Waals surface area contributed by atoms with E-state index in [9.17, 15) is 4.79 Å². The molecule has 1 aromatic carbocycles. The number of nitrogens with zero attached hydrogens (tertiary/aromatic N) is 2. The second-order valence-corrected chi connectivity index (χ2v) is 6.11. The van der Waals surface area contributed by atoms with Crippen LogP contribution in [0.5, 0.6) is 5.75 Å². The predicted molar refractivity (Wildman–Crippen MR) is 90.6 cm³/mol. The summed E-state index contributed by atoms with van der Waals surface area (Å²) in [7, 11) is 0. The molecule has 0 saturated carbocycles. The molecule has 0 radical (unpaired) electrons. The smallest absolute Gasteiger partial charge is 0.275 e. The number of carbonyl (C=O) groups is 1. The zero-order valence-corrected chi connectivity index (χ0v) is 14.0. The number of halogens is 1. The van der Waals surface area contributed by atoms with Crippen LogP contribution in [0, 0.1) is 12.8 Å². The first-order chi connectivity index (χ1) is 11.6. The summed E-state index contributed by atoms with van der Waals surface area (Å²) in [6.07, 6.45) is 3.96. The minimum absolute atomic E-state index is 0.232. The SMILES string of the molecule is Cc1cnc(C(=O)Nc2cc(Cl)ccc2OC[C@@H]2CCOC2)cn1. The van der Waals surface area contributed by atoms with Crippen LogP contribution >= 0.6 is 11.6 Å². The van der Waals surface area contributed by atoms with Gasteiger partial charge in [0.05, 0.1) is 30.8 Å². The maximum Gasteiger partial charge on any atom is 0.275 e. The van der Waals surface area contributed by atoms with E-state index < -0.39 is 0 Å². The topological polar surface area (TPSA) is 73.3 Å². The lowest BCUT2D eigenvalue weighted by atomic mass is 10.1. The highest BCUT2D eigenvalue weighted by molar-refractivity contribution is 6.31. The number of hydrogen-bond acceptors (Lipinski definition) is 5. The monoisotopic (exact) mass is 347 g/mol. The number of benzene rings is 1. The first-order valence-corrected chi connectivity index (χ1v) is 8.09. The average molecular weight is 348 g/mol. The van der Waals surface area contributed by atoms with E-state index in [0.717, 1.165) is 18.7 Å². The van der Waals surface area contributed by atoms with E-state index >= 15 is 0 Å². The average Bonchev–Trinajstić information content (AvgIpc) is 3.08. The molecule has 126 valence electrons. The molecule has 1 amide bonds. The molecule has 24 heavy (non-hydrogen) atoms. The number of nitrogens with one attached hydrogen (secondary N) is 1. The van der Waals surface area contributed by atoms with Gasteiger partial charge in [0.15, 0.2) is 0 Å². The molecule has 0 aliphatic carbocycles. The molecule has 2 aromatic rings. The first-order valence-electron chi connectivity index (χ1n) is 7.72. The molecule has 1 aromatic heterocycles. The van der Waals surface area contributed by atoms with Gasteiger partial charge in [-0.3, -0.25) is 9.78 Å². The lowest BCUT2D eigenvalue weighted by molar-refractivity contribution is 0.102. The van der Waals surface area contributed by atoms with Crippen LogP contribution in [-0.2, 0) is 4.74 Å². The Balaban J connectivity index is 1.72. The molecule has 6 nitrogen and oxygen atoms in total. The van der Waals surface area contributed by atoms with E-state index in [1.165, 1.54) is 6.20 Å². The van der Waals surface area contributed by atoms with Crippen LogP contribution in [-0.4, -0.2) is 35.7 Å². The number of carbonyl (C=O) groups excluding carboxylic acids is 1. The van der Waals surface area contributed by atoms with Gasteiger partial charge >= 0.3 is 0 Å². The fourth-order valence-electron chi connectivity index (χ4n) is 2.34. The van der Waals surface area contributed by atoms with Gasteiger partial charge in [-0.15, -0.1) is 0 Å². The Bertz CT molecular complexity index is 716. The van der Waals surface area contributed by atoms with Crippen LogP contribution < -0.4 is 10.1 Å². The maximum absolute atomic E-state index is 12.3. The Labute approximate surface area is 145 Å². The largest absolute Gasteiger partial charge is 0.491 e. The quantitative estimate of drug-likeness (QED) is 0.899. The number of ether oxygens (including phenoxy) is 2. The van der Waals surface area contributed by atoms with Gasteiger partial charge in [0.1, 0.15) is 11.4 Å². The highest BCUT2D eigenvalue weighted by Crippen LogP contribution is 2.29. The number of anilines is 1. The Morgan fingerprint density at radius 1 is 1.42 bits per heavy atom. The molecule has 1 N–H and O–H groups in total. The second-order valence-electron chi connectivity index (χ2n) is 5.68. The second kappa shape index (κ2) is 7.59. The fourth-order valence-corrected chi connectivity index (χ4v) is 2.52. The van der Waals surface area contributed by atoms with Crippen LogP contribution in [0.2, 0.25) is 5.02 Å². The van der Waals surface area contributed by atoms with E-state index in [0.29, 0.717) is 35.6 Å². The van der Waals surface area contributed by atoms with Crippen molar-refractivity contribution in [1.82, 2.24) is 9.97 Å². The third kappa shape index (κ3) is 4.21. The highest BCUT2D eigenvalue weighted by atomic mass is 35.5. The van der Waals surface area contributed by atoms with Crippen molar-refractivity contribution >= 4 is 23.2 Å². The van der Waals surface area contributed by atoms with Gasteiger partial charge in [-0.25, -0.2) is 4.98 Å². The molecule has 7 heteroatoms. The number of aryl methyl sites for hydroxylation is 1. The van der Waals surface area contributed by atoms with E-state index in [4.69, 9.17) is 21.1 Å². The van der Waals surface area contributed by atoms with Crippen molar-refractivity contribution in [1.29, 1.82) is 0 Å². The molecule has 0 bridgehead atoms. The molecular formula is C17H18ClN3O3. The highest BCUT2D eigenvalue weighted by Gasteiger charge is 2.18. The van der Waals surface area contributed by atoms with Gasteiger partial charge in [0, 0.05) is 23.7 Å². The van der Waals surface area contributed by atoms with Crippen LogP contribution in [0.1, 0.15) is 22.6 Å². The lowest BCUT2D eigenvalue weighted by Crippen LogP contribution is -2.16. The van der Waals surface area contributed by atoms with Crippen molar-refractivity contribution in [3.63, 3.8) is 0 Å². The number of aromatic nitrogens is 2. The first kappa shape index (κ1) is 16.7. The fraction of sp³-hybridized carbons (Fsp3) is 0.353. The summed E-state index contributed by atoms with van der Waals surface area (Å²) < 4.78 is 11.2. The van der Waals surface area contributed by atoms with Crippen LogP contribution in [0.15, 0.2) is 30.6 Å². The summed E-state index contributed by atoms with van der Waals surface area (Å²) in [5, 5.41) is 3.29. The van der Waals surface area contributed by atoms with Crippen molar-refractivity contribution in [2.45, 2.75) is 13.3 Å². The summed E-state index contributed by atoms with van der Waals surface area (Å²) >= 11 is 6.04. The molecule has 1 saturated heterocycles. The maximum atomic E-state index is 12.3. The minimum atomic E-state index is -0.362. The summed E-state index contributed by atoms with van der Waals surface area (Å²) in [4.78, 5) is 20.5. The summed E-state index contributed by atoms with van der Waals surface area (Å²) in [6, 6.07) is 5.12. The van der Waals surface area contributed by atoms with E-state index in [2.05, 4.69) is 15.3 Å². The lowest BCUT2D eigenvalue weighted by Gasteiger charge is -2.15. The Morgan fingerprint density at radius 3 is 3.00 bits per heavy atom. The summed E-state index contributed by atoms with van der Waals surface area (Å²) in [5.41, 5.74) is 1.49. The molecule has 1 aliphatic rings. The molecule has 1 fully saturated rings. The van der Waals surface area contributed by atoms with Crippen LogP contribution in [0.4, 0.5) is 5.69 Å². The third-order valence-corrected chi connectivity index (χ3v) is 3.94. The van der Waals surface area contributed by atoms with E-state index in [1.807, 2.05) is 6.92 Å². The normalized spacial score (nSPS) is 16.8. The van der Waals surface area contributed by atoms with Gasteiger partial charge in [-0.1, -0.05) is 11.6 Å². The zero-order chi connectivity index (χ0) is 16.9. The third-order valence-electron chi connectivity index (χ3n) is 3.70. The van der Waals surface area contributed by atoms with Crippen molar-refractivity contribution in [2.75, 3.05) is 25.1 Å². The molecule has 1 aliphatic heterocycles. The van der Waals surface area contributed by atoms with Crippen molar-refractivity contribution in [2.24, 2.45) is 5.92 Å². The molecule has 0 unspecified atom stereocenters. The Kier molecular flexibility index (Phi) is 5.27. The van der Waals surface area contributed by atoms with Gasteiger partial charge in [0.25, 0.3) is 5.91 Å². The van der Waals surface area contributed by atoms with Crippen LogP contribution in [0.3, 0.4) is 0 Å². The minimum Gasteiger partial charge on any atom is -0.491 e. The Hall–Kier alpha value is -2.18. The number of hydrogen-bond donors (Lipinski definition) is 1. The van der Waals surface area contributed by atoms with Crippen molar-refractivity contribution in [3.05, 3.63) is 47.0 Å². The van der Waals surface area contributed by atoms with Gasteiger partial charge in [0.2, 0.25) is 0 Å². The summed E-state index contributed by atoms with van der Waals surface area (Å²) in [6.45, 7) is 3.82. The Morgan fingerprint density at radius 2 is 2.29 bits per heavy atom.